The number of nitrogens with zero attached hydrogens (tertiary/aromatic N) is 2. The van der Waals surface area contributed by atoms with Gasteiger partial charge in [-0.05, 0) is 61.2 Å². The van der Waals surface area contributed by atoms with Crippen LogP contribution in [0.25, 0.3) is 21.4 Å². The van der Waals surface area contributed by atoms with Gasteiger partial charge in [-0.3, -0.25) is 0 Å². The molecule has 0 saturated heterocycles. The third-order valence-electron chi connectivity index (χ3n) is 4.09. The Kier molecular flexibility index (Phi) is 5.70. The van der Waals surface area contributed by atoms with Crippen LogP contribution < -0.4 is 4.90 Å². The van der Waals surface area contributed by atoms with Crippen molar-refractivity contribution in [3.63, 3.8) is 0 Å². The van der Waals surface area contributed by atoms with Crippen LogP contribution in [0.3, 0.4) is 0 Å². The summed E-state index contributed by atoms with van der Waals surface area (Å²) in [4.78, 5) is 5.78. The van der Waals surface area contributed by atoms with E-state index in [1.165, 1.54) is 15.4 Å². The lowest BCUT2D eigenvalue weighted by atomic mass is 10.1. The second-order valence-corrected chi connectivity index (χ2v) is 7.61. The van der Waals surface area contributed by atoms with Crippen LogP contribution in [0.5, 0.6) is 0 Å². The predicted octanol–water partition coefficient (Wildman–Crippen LogP) is 6.39. The summed E-state index contributed by atoms with van der Waals surface area (Å²) in [7, 11) is 0. The Morgan fingerprint density at radius 2 is 1.80 bits per heavy atom. The molecule has 0 saturated carbocycles. The smallest absolute Gasteiger partial charge is 0.101 e. The van der Waals surface area contributed by atoms with E-state index >= 15 is 0 Å². The van der Waals surface area contributed by atoms with Crippen molar-refractivity contribution in [1.82, 2.24) is 0 Å². The molecule has 0 bridgehead atoms. The SMILES string of the molecule is CCN(CC)c1ccc(C=C(C#N)c2ccc(-c3cccs3)s2)cc1. The van der Waals surface area contributed by atoms with Crippen LogP contribution in [0.2, 0.25) is 0 Å². The molecule has 0 unspecified atom stereocenters. The molecule has 0 aliphatic rings. The summed E-state index contributed by atoms with van der Waals surface area (Å²) in [6, 6.07) is 19.1. The van der Waals surface area contributed by atoms with Crippen molar-refractivity contribution in [3.8, 4) is 15.8 Å². The van der Waals surface area contributed by atoms with Crippen LogP contribution in [0.1, 0.15) is 24.3 Å². The Bertz CT molecular complexity index is 877. The summed E-state index contributed by atoms with van der Waals surface area (Å²) < 4.78 is 0. The van der Waals surface area contributed by atoms with Crippen molar-refractivity contribution < 1.29 is 0 Å². The number of anilines is 1. The van der Waals surface area contributed by atoms with Gasteiger partial charge in [-0.15, -0.1) is 22.7 Å². The Morgan fingerprint density at radius 1 is 1.04 bits per heavy atom. The van der Waals surface area contributed by atoms with Gasteiger partial charge in [-0.1, -0.05) is 18.2 Å². The highest BCUT2D eigenvalue weighted by Gasteiger charge is 2.08. The Hall–Kier alpha value is -2.35. The molecular weight excluding hydrogens is 344 g/mol. The monoisotopic (exact) mass is 364 g/mol. The summed E-state index contributed by atoms with van der Waals surface area (Å²) >= 11 is 3.39. The van der Waals surface area contributed by atoms with Crippen molar-refractivity contribution in [2.75, 3.05) is 18.0 Å². The third-order valence-corrected chi connectivity index (χ3v) is 6.27. The fourth-order valence-corrected chi connectivity index (χ4v) is 4.54. The summed E-state index contributed by atoms with van der Waals surface area (Å²) in [6.45, 7) is 6.31. The van der Waals surface area contributed by atoms with Gasteiger partial charge in [0.1, 0.15) is 6.07 Å². The van der Waals surface area contributed by atoms with Crippen molar-refractivity contribution in [3.05, 3.63) is 64.4 Å². The summed E-state index contributed by atoms with van der Waals surface area (Å²) in [5.41, 5.74) is 2.98. The quantitative estimate of drug-likeness (QED) is 0.474. The zero-order valence-corrected chi connectivity index (χ0v) is 16.0. The lowest BCUT2D eigenvalue weighted by Crippen LogP contribution is -2.21. The normalized spacial score (nSPS) is 11.3. The highest BCUT2D eigenvalue weighted by Crippen LogP contribution is 2.34. The van der Waals surface area contributed by atoms with Gasteiger partial charge in [0.2, 0.25) is 0 Å². The lowest BCUT2D eigenvalue weighted by molar-refractivity contribution is 0.866. The van der Waals surface area contributed by atoms with E-state index in [0.717, 1.165) is 23.5 Å². The first-order valence-electron chi connectivity index (χ1n) is 8.36. The zero-order valence-electron chi connectivity index (χ0n) is 14.4. The first-order chi connectivity index (χ1) is 12.2. The van der Waals surface area contributed by atoms with Crippen molar-refractivity contribution >= 4 is 40.0 Å². The van der Waals surface area contributed by atoms with Gasteiger partial charge in [0.15, 0.2) is 0 Å². The third kappa shape index (κ3) is 4.01. The molecule has 0 fully saturated rings. The molecule has 25 heavy (non-hydrogen) atoms. The lowest BCUT2D eigenvalue weighted by Gasteiger charge is -2.20. The molecule has 0 amide bonds. The summed E-state index contributed by atoms with van der Waals surface area (Å²) in [5.74, 6) is 0. The van der Waals surface area contributed by atoms with Gasteiger partial charge >= 0.3 is 0 Å². The maximum absolute atomic E-state index is 9.58. The minimum absolute atomic E-state index is 0.711. The molecule has 0 spiro atoms. The molecule has 0 aliphatic carbocycles. The molecule has 3 rings (SSSR count). The maximum atomic E-state index is 9.58. The number of thiophene rings is 2. The Morgan fingerprint density at radius 3 is 2.40 bits per heavy atom. The van der Waals surface area contributed by atoms with Crippen LogP contribution in [0.15, 0.2) is 53.9 Å². The molecule has 2 heterocycles. The summed E-state index contributed by atoms with van der Waals surface area (Å²) in [6.07, 6.45) is 1.97. The second-order valence-electron chi connectivity index (χ2n) is 5.57. The number of hydrogen-bond acceptors (Lipinski definition) is 4. The molecule has 2 aromatic heterocycles. The average Bonchev–Trinajstić information content (AvgIpc) is 3.33. The van der Waals surface area contributed by atoms with Crippen molar-refractivity contribution in [2.24, 2.45) is 0 Å². The van der Waals surface area contributed by atoms with Crippen LogP contribution >= 0.6 is 22.7 Å². The van der Waals surface area contributed by atoms with Gasteiger partial charge in [0, 0.05) is 33.4 Å². The maximum Gasteiger partial charge on any atom is 0.101 e. The van der Waals surface area contributed by atoms with Crippen LogP contribution in [0.4, 0.5) is 5.69 Å². The molecule has 0 atom stereocenters. The van der Waals surface area contributed by atoms with Gasteiger partial charge in [-0.2, -0.15) is 5.26 Å². The van der Waals surface area contributed by atoms with E-state index in [-0.39, 0.29) is 0 Å². The number of rotatable bonds is 6. The first kappa shape index (κ1) is 17.5. The van der Waals surface area contributed by atoms with Crippen LogP contribution in [-0.2, 0) is 0 Å². The van der Waals surface area contributed by atoms with Gasteiger partial charge < -0.3 is 4.90 Å². The Balaban J connectivity index is 1.85. The van der Waals surface area contributed by atoms with Gasteiger partial charge in [0.25, 0.3) is 0 Å². The fourth-order valence-electron chi connectivity index (χ4n) is 2.73. The molecule has 0 aliphatic heterocycles. The topological polar surface area (TPSA) is 27.0 Å². The number of hydrogen-bond donors (Lipinski definition) is 0. The van der Waals surface area contributed by atoms with Crippen LogP contribution in [-0.4, -0.2) is 13.1 Å². The van der Waals surface area contributed by atoms with E-state index in [1.807, 2.05) is 12.1 Å². The number of allylic oxidation sites excluding steroid dienone is 1. The van der Waals surface area contributed by atoms with E-state index in [4.69, 9.17) is 0 Å². The molecule has 0 radical (unpaired) electrons. The van der Waals surface area contributed by atoms with E-state index < -0.39 is 0 Å². The molecule has 126 valence electrons. The van der Waals surface area contributed by atoms with Gasteiger partial charge in [0.05, 0.1) is 5.57 Å². The molecule has 0 N–H and O–H groups in total. The molecule has 3 aromatic rings. The fraction of sp³-hybridized carbons (Fsp3) is 0.190. The average molecular weight is 365 g/mol. The molecule has 4 heteroatoms. The minimum atomic E-state index is 0.711. The molecule has 1 aromatic carbocycles. The molecule has 2 nitrogen and oxygen atoms in total. The highest BCUT2D eigenvalue weighted by molar-refractivity contribution is 7.22. The first-order valence-corrected chi connectivity index (χ1v) is 10.1. The van der Waals surface area contributed by atoms with Crippen LogP contribution in [0, 0.1) is 11.3 Å². The zero-order chi connectivity index (χ0) is 17.6. The number of benzene rings is 1. The van der Waals surface area contributed by atoms with E-state index in [1.54, 1.807) is 22.7 Å². The minimum Gasteiger partial charge on any atom is -0.372 e. The van der Waals surface area contributed by atoms with E-state index in [9.17, 15) is 5.26 Å². The Labute approximate surface area is 157 Å². The van der Waals surface area contributed by atoms with Crippen molar-refractivity contribution in [2.45, 2.75) is 13.8 Å². The predicted molar refractivity (Wildman–Crippen MR) is 111 cm³/mol. The standard InChI is InChI=1S/C21H20N2S2/c1-3-23(4-2)18-9-7-16(8-10-18)14-17(15-22)19-11-12-21(25-19)20-6-5-13-24-20/h5-14H,3-4H2,1-2H3. The molecular formula is C21H20N2S2. The van der Waals surface area contributed by atoms with Crippen molar-refractivity contribution in [1.29, 1.82) is 5.26 Å². The largest absolute Gasteiger partial charge is 0.372 e. The highest BCUT2D eigenvalue weighted by atomic mass is 32.1. The van der Waals surface area contributed by atoms with E-state index in [2.05, 4.69) is 72.7 Å². The number of nitriles is 1. The van der Waals surface area contributed by atoms with Gasteiger partial charge in [-0.25, -0.2) is 0 Å². The summed E-state index contributed by atoms with van der Waals surface area (Å²) in [5, 5.41) is 11.7. The second kappa shape index (κ2) is 8.15. The van der Waals surface area contributed by atoms with E-state index in [0.29, 0.717) is 5.57 Å².